The average Bonchev–Trinajstić information content (AvgIpc) is 2.50. The number of nitrogens with one attached hydrogen (secondary N) is 1. The molecule has 22 heavy (non-hydrogen) atoms. The van der Waals surface area contributed by atoms with Gasteiger partial charge in [0.2, 0.25) is 5.91 Å². The molecule has 0 aliphatic heterocycles. The molecule has 1 atom stereocenters. The van der Waals surface area contributed by atoms with E-state index in [1.165, 1.54) is 0 Å². The second kappa shape index (κ2) is 7.26. The van der Waals surface area contributed by atoms with E-state index in [1.807, 2.05) is 24.3 Å². The molecular weight excluding hydrogens is 395 g/mol. The standard InChI is InChI=1S/C16H15IN2O3/c1-10(22-14-8-4-12(17)5-9-14)16(21)19-13-6-2-11(3-7-13)15(18)20/h2-10H,1H3,(H2,18,20)(H,19,21). The number of carbonyl (C=O) groups is 2. The predicted molar refractivity (Wildman–Crippen MR) is 92.8 cm³/mol. The molecule has 114 valence electrons. The van der Waals surface area contributed by atoms with Crippen LogP contribution < -0.4 is 15.8 Å². The van der Waals surface area contributed by atoms with Crippen LogP contribution in [0, 0.1) is 3.57 Å². The normalized spacial score (nSPS) is 11.5. The lowest BCUT2D eigenvalue weighted by Gasteiger charge is -2.15. The summed E-state index contributed by atoms with van der Waals surface area (Å²) in [6, 6.07) is 13.8. The van der Waals surface area contributed by atoms with Gasteiger partial charge in [0, 0.05) is 14.8 Å². The highest BCUT2D eigenvalue weighted by Gasteiger charge is 2.15. The zero-order valence-electron chi connectivity index (χ0n) is 11.9. The number of primary amides is 1. The van der Waals surface area contributed by atoms with Crippen molar-refractivity contribution in [3.05, 3.63) is 57.7 Å². The van der Waals surface area contributed by atoms with Gasteiger partial charge in [-0.25, -0.2) is 0 Å². The third-order valence-corrected chi connectivity index (χ3v) is 3.65. The topological polar surface area (TPSA) is 81.4 Å². The van der Waals surface area contributed by atoms with E-state index < -0.39 is 12.0 Å². The van der Waals surface area contributed by atoms with Gasteiger partial charge in [-0.1, -0.05) is 0 Å². The Balaban J connectivity index is 1.95. The fourth-order valence-electron chi connectivity index (χ4n) is 1.73. The van der Waals surface area contributed by atoms with Gasteiger partial charge in [-0.2, -0.15) is 0 Å². The van der Waals surface area contributed by atoms with Crippen LogP contribution in [0.15, 0.2) is 48.5 Å². The van der Waals surface area contributed by atoms with Crippen molar-refractivity contribution >= 4 is 40.1 Å². The second-order valence-electron chi connectivity index (χ2n) is 4.64. The van der Waals surface area contributed by atoms with Gasteiger partial charge in [0.05, 0.1) is 0 Å². The number of rotatable bonds is 5. The Kier molecular flexibility index (Phi) is 5.37. The maximum Gasteiger partial charge on any atom is 0.265 e. The molecule has 2 aromatic carbocycles. The number of nitrogens with two attached hydrogens (primary N) is 1. The monoisotopic (exact) mass is 410 g/mol. The maximum absolute atomic E-state index is 12.1. The summed E-state index contributed by atoms with van der Waals surface area (Å²) in [7, 11) is 0. The van der Waals surface area contributed by atoms with Gasteiger partial charge in [-0.3, -0.25) is 9.59 Å². The van der Waals surface area contributed by atoms with Gasteiger partial charge < -0.3 is 15.8 Å². The smallest absolute Gasteiger partial charge is 0.265 e. The number of halogens is 1. The van der Waals surface area contributed by atoms with E-state index in [4.69, 9.17) is 10.5 Å². The molecule has 0 aromatic heterocycles. The van der Waals surface area contributed by atoms with Gasteiger partial charge in [-0.15, -0.1) is 0 Å². The summed E-state index contributed by atoms with van der Waals surface area (Å²) in [6.45, 7) is 1.67. The first-order chi connectivity index (χ1) is 10.5. The summed E-state index contributed by atoms with van der Waals surface area (Å²) in [4.78, 5) is 23.1. The van der Waals surface area contributed by atoms with E-state index in [0.29, 0.717) is 17.0 Å². The molecule has 6 heteroatoms. The van der Waals surface area contributed by atoms with Gasteiger partial charge in [0.1, 0.15) is 5.75 Å². The summed E-state index contributed by atoms with van der Waals surface area (Å²) in [5.41, 5.74) is 6.13. The Morgan fingerprint density at radius 2 is 1.68 bits per heavy atom. The molecule has 0 fully saturated rings. The summed E-state index contributed by atoms with van der Waals surface area (Å²) < 4.78 is 6.67. The van der Waals surface area contributed by atoms with Crippen molar-refractivity contribution in [1.82, 2.24) is 0 Å². The van der Waals surface area contributed by atoms with Crippen molar-refractivity contribution in [3.63, 3.8) is 0 Å². The number of hydrogen-bond donors (Lipinski definition) is 2. The minimum atomic E-state index is -0.643. The van der Waals surface area contributed by atoms with Crippen LogP contribution in [0.5, 0.6) is 5.75 Å². The van der Waals surface area contributed by atoms with Crippen molar-refractivity contribution in [1.29, 1.82) is 0 Å². The number of carbonyl (C=O) groups excluding carboxylic acids is 2. The average molecular weight is 410 g/mol. The minimum absolute atomic E-state index is 0.273. The van der Waals surface area contributed by atoms with Gasteiger partial charge in [0.25, 0.3) is 5.91 Å². The van der Waals surface area contributed by atoms with Crippen LogP contribution >= 0.6 is 22.6 Å². The van der Waals surface area contributed by atoms with Gasteiger partial charge >= 0.3 is 0 Å². The van der Waals surface area contributed by atoms with Crippen LogP contribution in [0.3, 0.4) is 0 Å². The van der Waals surface area contributed by atoms with Crippen molar-refractivity contribution in [2.24, 2.45) is 5.73 Å². The van der Waals surface area contributed by atoms with Crippen molar-refractivity contribution in [2.45, 2.75) is 13.0 Å². The van der Waals surface area contributed by atoms with Crippen molar-refractivity contribution in [3.8, 4) is 5.75 Å². The number of amides is 2. The van der Waals surface area contributed by atoms with Crippen LogP contribution in [0.2, 0.25) is 0 Å². The fourth-order valence-corrected chi connectivity index (χ4v) is 2.09. The maximum atomic E-state index is 12.1. The highest BCUT2D eigenvalue weighted by Crippen LogP contribution is 2.16. The Hall–Kier alpha value is -2.09. The van der Waals surface area contributed by atoms with E-state index in [0.717, 1.165) is 3.57 Å². The zero-order valence-corrected chi connectivity index (χ0v) is 14.0. The number of hydrogen-bond acceptors (Lipinski definition) is 3. The Labute approximate surface area is 142 Å². The third-order valence-electron chi connectivity index (χ3n) is 2.93. The summed E-state index contributed by atoms with van der Waals surface area (Å²) >= 11 is 2.20. The molecule has 1 unspecified atom stereocenters. The van der Waals surface area contributed by atoms with E-state index >= 15 is 0 Å². The summed E-state index contributed by atoms with van der Waals surface area (Å²) in [6.07, 6.45) is -0.643. The molecule has 2 amide bonds. The zero-order chi connectivity index (χ0) is 16.1. The van der Waals surface area contributed by atoms with Crippen LogP contribution in [-0.4, -0.2) is 17.9 Å². The lowest BCUT2D eigenvalue weighted by molar-refractivity contribution is -0.122. The summed E-state index contributed by atoms with van der Waals surface area (Å²) in [5.74, 6) is -0.147. The highest BCUT2D eigenvalue weighted by atomic mass is 127. The van der Waals surface area contributed by atoms with Crippen molar-refractivity contribution < 1.29 is 14.3 Å². The summed E-state index contributed by atoms with van der Waals surface area (Å²) in [5, 5.41) is 2.72. The molecule has 0 spiro atoms. The van der Waals surface area contributed by atoms with E-state index in [2.05, 4.69) is 27.9 Å². The predicted octanol–water partition coefficient (Wildman–Crippen LogP) is 2.80. The quantitative estimate of drug-likeness (QED) is 0.744. The first kappa shape index (κ1) is 16.3. The fraction of sp³-hybridized carbons (Fsp3) is 0.125. The number of benzene rings is 2. The molecule has 0 aliphatic carbocycles. The van der Waals surface area contributed by atoms with Gasteiger partial charge in [-0.05, 0) is 78.0 Å². The second-order valence-corrected chi connectivity index (χ2v) is 5.89. The molecule has 2 aromatic rings. The molecular formula is C16H15IN2O3. The Morgan fingerprint density at radius 3 is 2.23 bits per heavy atom. The molecule has 0 heterocycles. The molecule has 5 nitrogen and oxygen atoms in total. The van der Waals surface area contributed by atoms with Crippen molar-refractivity contribution in [2.75, 3.05) is 5.32 Å². The lowest BCUT2D eigenvalue weighted by atomic mass is 10.2. The molecule has 0 radical (unpaired) electrons. The van der Waals surface area contributed by atoms with Gasteiger partial charge in [0.15, 0.2) is 6.10 Å². The first-order valence-electron chi connectivity index (χ1n) is 6.58. The molecule has 2 rings (SSSR count). The molecule has 0 saturated heterocycles. The number of anilines is 1. The van der Waals surface area contributed by atoms with Crippen LogP contribution in [0.25, 0.3) is 0 Å². The number of ether oxygens (including phenoxy) is 1. The van der Waals surface area contributed by atoms with E-state index in [1.54, 1.807) is 31.2 Å². The first-order valence-corrected chi connectivity index (χ1v) is 7.66. The van der Waals surface area contributed by atoms with Crippen LogP contribution in [-0.2, 0) is 4.79 Å². The van der Waals surface area contributed by atoms with E-state index in [9.17, 15) is 9.59 Å². The highest BCUT2D eigenvalue weighted by molar-refractivity contribution is 14.1. The SMILES string of the molecule is CC(Oc1ccc(I)cc1)C(=O)Nc1ccc(C(N)=O)cc1. The Bertz CT molecular complexity index is 669. The molecule has 3 N–H and O–H groups in total. The van der Waals surface area contributed by atoms with E-state index in [-0.39, 0.29) is 5.91 Å². The van der Waals surface area contributed by atoms with Crippen LogP contribution in [0.1, 0.15) is 17.3 Å². The van der Waals surface area contributed by atoms with Crippen LogP contribution in [0.4, 0.5) is 5.69 Å². The third kappa shape index (κ3) is 4.45. The lowest BCUT2D eigenvalue weighted by Crippen LogP contribution is -2.30. The molecule has 0 saturated carbocycles. The molecule has 0 bridgehead atoms. The minimum Gasteiger partial charge on any atom is -0.481 e. The largest absolute Gasteiger partial charge is 0.481 e. The Morgan fingerprint density at radius 1 is 1.09 bits per heavy atom. The molecule has 0 aliphatic rings.